The van der Waals surface area contributed by atoms with Gasteiger partial charge in [-0.1, -0.05) is 0 Å². The molecule has 1 aromatic rings. The molecule has 1 aliphatic carbocycles. The van der Waals surface area contributed by atoms with Crippen LogP contribution in [0.4, 0.5) is 0 Å². The lowest BCUT2D eigenvalue weighted by Crippen LogP contribution is -2.35. The second-order valence-electron chi connectivity index (χ2n) is 4.05. The van der Waals surface area contributed by atoms with E-state index in [1.807, 2.05) is 18.5 Å². The van der Waals surface area contributed by atoms with Crippen molar-refractivity contribution in [2.45, 2.75) is 25.4 Å². The van der Waals surface area contributed by atoms with Crippen LogP contribution >= 0.6 is 11.3 Å². The zero-order valence-electron chi connectivity index (χ0n) is 8.90. The number of rotatable bonds is 5. The highest BCUT2D eigenvalue weighted by atomic mass is 32.1. The Labute approximate surface area is 94.1 Å². The van der Waals surface area contributed by atoms with Crippen molar-refractivity contribution in [3.63, 3.8) is 0 Å². The molecule has 1 saturated carbocycles. The zero-order chi connectivity index (χ0) is 10.7. The topological polar surface area (TPSA) is 32.3 Å². The highest BCUT2D eigenvalue weighted by Crippen LogP contribution is 2.24. The molecule has 0 aliphatic heterocycles. The molecular formula is C11H16N2OS. The lowest BCUT2D eigenvalue weighted by molar-refractivity contribution is -0.122. The second kappa shape index (κ2) is 4.77. The molecule has 1 N–H and O–H groups in total. The third kappa shape index (κ3) is 3.32. The third-order valence-electron chi connectivity index (χ3n) is 2.63. The molecule has 0 saturated heterocycles. The number of hydrogen-bond donors (Lipinski definition) is 1. The Kier molecular flexibility index (Phi) is 3.38. The third-order valence-corrected chi connectivity index (χ3v) is 3.37. The highest BCUT2D eigenvalue weighted by molar-refractivity contribution is 7.07. The summed E-state index contributed by atoms with van der Waals surface area (Å²) >= 11 is 1.66. The smallest absolute Gasteiger partial charge is 0.234 e. The van der Waals surface area contributed by atoms with Gasteiger partial charge in [0.05, 0.1) is 6.54 Å². The van der Waals surface area contributed by atoms with Gasteiger partial charge in [-0.25, -0.2) is 0 Å². The number of hydrogen-bond acceptors (Lipinski definition) is 3. The Bertz CT molecular complexity index is 319. The Morgan fingerprint density at radius 1 is 1.67 bits per heavy atom. The monoisotopic (exact) mass is 224 g/mol. The van der Waals surface area contributed by atoms with E-state index >= 15 is 0 Å². The summed E-state index contributed by atoms with van der Waals surface area (Å²) in [6.07, 6.45) is 2.49. The molecule has 0 radical (unpaired) electrons. The molecule has 0 aromatic carbocycles. The Morgan fingerprint density at radius 2 is 2.47 bits per heavy atom. The molecule has 0 spiro atoms. The first-order chi connectivity index (χ1) is 7.25. The number of nitrogens with one attached hydrogen (secondary N) is 1. The summed E-state index contributed by atoms with van der Waals surface area (Å²) in [5, 5.41) is 7.01. The average molecular weight is 224 g/mol. The molecule has 0 bridgehead atoms. The van der Waals surface area contributed by atoms with Crippen LogP contribution < -0.4 is 5.32 Å². The Morgan fingerprint density at radius 3 is 3.07 bits per heavy atom. The van der Waals surface area contributed by atoms with Crippen LogP contribution in [-0.2, 0) is 11.3 Å². The van der Waals surface area contributed by atoms with E-state index in [0.29, 0.717) is 19.1 Å². The van der Waals surface area contributed by atoms with E-state index in [1.54, 1.807) is 11.3 Å². The molecule has 1 amide bonds. The van der Waals surface area contributed by atoms with E-state index in [4.69, 9.17) is 0 Å². The van der Waals surface area contributed by atoms with Crippen LogP contribution in [0.15, 0.2) is 16.8 Å². The maximum absolute atomic E-state index is 11.5. The van der Waals surface area contributed by atoms with Crippen LogP contribution in [0.2, 0.25) is 0 Å². The number of carbonyl (C=O) groups is 1. The molecule has 1 fully saturated rings. The van der Waals surface area contributed by atoms with Crippen molar-refractivity contribution < 1.29 is 4.79 Å². The molecular weight excluding hydrogens is 208 g/mol. The first-order valence-corrected chi connectivity index (χ1v) is 6.18. The van der Waals surface area contributed by atoms with Crippen molar-refractivity contribution in [1.82, 2.24) is 10.2 Å². The number of likely N-dealkylation sites (N-methyl/N-ethyl adjacent to an activating group) is 1. The lowest BCUT2D eigenvalue weighted by atomic mass is 10.3. The van der Waals surface area contributed by atoms with Gasteiger partial charge in [0.2, 0.25) is 5.91 Å². The Balaban J connectivity index is 1.68. The van der Waals surface area contributed by atoms with Crippen molar-refractivity contribution in [2.75, 3.05) is 13.6 Å². The van der Waals surface area contributed by atoms with E-state index in [1.165, 1.54) is 18.4 Å². The maximum atomic E-state index is 11.5. The summed E-state index contributed by atoms with van der Waals surface area (Å²) in [6, 6.07) is 2.69. The van der Waals surface area contributed by atoms with Crippen molar-refractivity contribution in [2.24, 2.45) is 0 Å². The van der Waals surface area contributed by atoms with Gasteiger partial charge in [0.1, 0.15) is 0 Å². The molecule has 82 valence electrons. The summed E-state index contributed by atoms with van der Waals surface area (Å²) in [4.78, 5) is 13.7. The van der Waals surface area contributed by atoms with Gasteiger partial charge < -0.3 is 5.32 Å². The van der Waals surface area contributed by atoms with Crippen molar-refractivity contribution in [3.05, 3.63) is 22.4 Å². The minimum Gasteiger partial charge on any atom is -0.351 e. The van der Waals surface area contributed by atoms with Gasteiger partial charge in [-0.2, -0.15) is 11.3 Å². The normalized spacial score (nSPS) is 15.6. The number of carbonyl (C=O) groups excluding carboxylic acids is 1. The molecule has 1 aliphatic rings. The fourth-order valence-electron chi connectivity index (χ4n) is 1.52. The quantitative estimate of drug-likeness (QED) is 0.821. The fraction of sp³-hybridized carbons (Fsp3) is 0.545. The number of amides is 1. The molecule has 1 heterocycles. The van der Waals surface area contributed by atoms with Crippen LogP contribution in [0, 0.1) is 0 Å². The van der Waals surface area contributed by atoms with Gasteiger partial charge in [-0.05, 0) is 42.3 Å². The predicted octanol–water partition coefficient (Wildman–Crippen LogP) is 1.46. The standard InChI is InChI=1S/C11H16N2OS/c1-13(10-2-3-10)7-11(14)12-6-9-4-5-15-8-9/h4-5,8,10H,2-3,6-7H2,1H3,(H,12,14). The lowest BCUT2D eigenvalue weighted by Gasteiger charge is -2.14. The van der Waals surface area contributed by atoms with E-state index in [0.717, 1.165) is 0 Å². The molecule has 4 heteroatoms. The van der Waals surface area contributed by atoms with Crippen LogP contribution in [0.5, 0.6) is 0 Å². The minimum atomic E-state index is 0.121. The average Bonchev–Trinajstić information content (AvgIpc) is 2.93. The van der Waals surface area contributed by atoms with E-state index in [9.17, 15) is 4.79 Å². The molecule has 0 unspecified atom stereocenters. The summed E-state index contributed by atoms with van der Waals surface area (Å²) in [5.41, 5.74) is 1.18. The van der Waals surface area contributed by atoms with Gasteiger partial charge >= 0.3 is 0 Å². The molecule has 0 atom stereocenters. The fourth-order valence-corrected chi connectivity index (χ4v) is 2.19. The largest absolute Gasteiger partial charge is 0.351 e. The van der Waals surface area contributed by atoms with Gasteiger partial charge in [0.25, 0.3) is 0 Å². The minimum absolute atomic E-state index is 0.121. The number of thiophene rings is 1. The van der Waals surface area contributed by atoms with Crippen molar-refractivity contribution >= 4 is 17.2 Å². The van der Waals surface area contributed by atoms with Gasteiger partial charge in [-0.3, -0.25) is 9.69 Å². The molecule has 2 rings (SSSR count). The van der Waals surface area contributed by atoms with Crippen LogP contribution in [0.3, 0.4) is 0 Å². The zero-order valence-corrected chi connectivity index (χ0v) is 9.72. The van der Waals surface area contributed by atoms with E-state index in [-0.39, 0.29) is 5.91 Å². The van der Waals surface area contributed by atoms with Gasteiger partial charge in [-0.15, -0.1) is 0 Å². The van der Waals surface area contributed by atoms with Crippen LogP contribution in [0.25, 0.3) is 0 Å². The summed E-state index contributed by atoms with van der Waals surface area (Å²) in [5.74, 6) is 0.121. The second-order valence-corrected chi connectivity index (χ2v) is 4.83. The first-order valence-electron chi connectivity index (χ1n) is 5.24. The van der Waals surface area contributed by atoms with Crippen molar-refractivity contribution in [1.29, 1.82) is 0 Å². The Hall–Kier alpha value is -0.870. The van der Waals surface area contributed by atoms with E-state index in [2.05, 4.69) is 15.6 Å². The maximum Gasteiger partial charge on any atom is 0.234 e. The highest BCUT2D eigenvalue weighted by Gasteiger charge is 2.26. The number of nitrogens with zero attached hydrogens (tertiary/aromatic N) is 1. The van der Waals surface area contributed by atoms with Crippen LogP contribution in [0.1, 0.15) is 18.4 Å². The molecule has 3 nitrogen and oxygen atoms in total. The predicted molar refractivity (Wildman–Crippen MR) is 61.8 cm³/mol. The van der Waals surface area contributed by atoms with Crippen molar-refractivity contribution in [3.8, 4) is 0 Å². The first kappa shape index (κ1) is 10.6. The van der Waals surface area contributed by atoms with Gasteiger partial charge in [0.15, 0.2) is 0 Å². The molecule has 1 aromatic heterocycles. The van der Waals surface area contributed by atoms with E-state index < -0.39 is 0 Å². The van der Waals surface area contributed by atoms with Gasteiger partial charge in [0, 0.05) is 12.6 Å². The summed E-state index contributed by atoms with van der Waals surface area (Å²) in [7, 11) is 2.02. The summed E-state index contributed by atoms with van der Waals surface area (Å²) in [6.45, 7) is 1.18. The SMILES string of the molecule is CN(CC(=O)NCc1ccsc1)C1CC1. The molecule has 15 heavy (non-hydrogen) atoms. The van der Waals surface area contributed by atoms with Crippen LogP contribution in [-0.4, -0.2) is 30.4 Å². The summed E-state index contributed by atoms with van der Waals surface area (Å²) < 4.78 is 0.